The third-order valence-electron chi connectivity index (χ3n) is 3.73. The van der Waals surface area contributed by atoms with Crippen molar-refractivity contribution >= 4 is 22.9 Å². The van der Waals surface area contributed by atoms with Crippen LogP contribution in [-0.2, 0) is 4.74 Å². The summed E-state index contributed by atoms with van der Waals surface area (Å²) in [5, 5.41) is 13.6. The molecule has 8 heteroatoms. The van der Waals surface area contributed by atoms with Gasteiger partial charge in [-0.1, -0.05) is 18.5 Å². The second kappa shape index (κ2) is 4.83. The van der Waals surface area contributed by atoms with Gasteiger partial charge < -0.3 is 15.6 Å². The fourth-order valence-electron chi connectivity index (χ4n) is 2.56. The molecule has 20 heavy (non-hydrogen) atoms. The molecule has 3 rings (SSSR count). The fraction of sp³-hybridized carbons (Fsp3) is 0.500. The maximum absolute atomic E-state index is 14.4. The predicted octanol–water partition coefficient (Wildman–Crippen LogP) is 1.37. The number of halogens is 2. The Kier molecular flexibility index (Phi) is 3.27. The minimum Gasteiger partial charge on any atom is -0.394 e. The first-order valence-electron chi connectivity index (χ1n) is 6.22. The molecule has 4 atom stereocenters. The third kappa shape index (κ3) is 1.85. The Morgan fingerprint density at radius 1 is 1.60 bits per heavy atom. The number of nitrogens with zero attached hydrogens (tertiary/aromatic N) is 3. The molecule has 1 aliphatic heterocycles. The highest BCUT2D eigenvalue weighted by molar-refractivity contribution is 6.34. The maximum atomic E-state index is 14.4. The number of nitrogens with two attached hydrogens (primary N) is 1. The monoisotopic (exact) mass is 300 g/mol. The van der Waals surface area contributed by atoms with Crippen molar-refractivity contribution in [3.8, 4) is 0 Å². The Morgan fingerprint density at radius 2 is 2.35 bits per heavy atom. The number of rotatable bonds is 2. The maximum Gasteiger partial charge on any atom is 0.152 e. The predicted molar refractivity (Wildman–Crippen MR) is 71.2 cm³/mol. The molecule has 0 aromatic carbocycles. The number of nitrogen functional groups attached to an aromatic ring is 1. The minimum atomic E-state index is -1.25. The van der Waals surface area contributed by atoms with Crippen molar-refractivity contribution < 1.29 is 14.2 Å². The lowest BCUT2D eigenvalue weighted by atomic mass is 9.99. The third-order valence-corrected chi connectivity index (χ3v) is 4.02. The molecule has 3 heterocycles. The molecule has 0 radical (unpaired) electrons. The molecule has 2 aromatic heterocycles. The molecule has 1 fully saturated rings. The van der Waals surface area contributed by atoms with E-state index in [0.29, 0.717) is 16.2 Å². The second-order valence-electron chi connectivity index (χ2n) is 4.90. The van der Waals surface area contributed by atoms with Gasteiger partial charge in [0.25, 0.3) is 0 Å². The summed E-state index contributed by atoms with van der Waals surface area (Å²) in [6, 6.07) is 1.58. The lowest BCUT2D eigenvalue weighted by molar-refractivity contribution is -0.00712. The van der Waals surface area contributed by atoms with Gasteiger partial charge in [0, 0.05) is 5.92 Å². The first-order chi connectivity index (χ1) is 9.54. The van der Waals surface area contributed by atoms with Gasteiger partial charge in [0.2, 0.25) is 0 Å². The quantitative estimate of drug-likeness (QED) is 0.875. The van der Waals surface area contributed by atoms with Crippen molar-refractivity contribution in [2.24, 2.45) is 5.92 Å². The number of hydrogen-bond acceptors (Lipinski definition) is 5. The largest absolute Gasteiger partial charge is 0.394 e. The van der Waals surface area contributed by atoms with E-state index in [9.17, 15) is 9.50 Å². The van der Waals surface area contributed by atoms with Crippen molar-refractivity contribution in [1.29, 1.82) is 0 Å². The number of ether oxygens (including phenoxy) is 1. The highest BCUT2D eigenvalue weighted by Crippen LogP contribution is 2.41. The van der Waals surface area contributed by atoms with E-state index >= 15 is 0 Å². The molecule has 1 aliphatic rings. The second-order valence-corrected chi connectivity index (χ2v) is 5.31. The van der Waals surface area contributed by atoms with Crippen LogP contribution in [0.1, 0.15) is 18.7 Å². The van der Waals surface area contributed by atoms with E-state index in [2.05, 4.69) is 10.1 Å². The Labute approximate surface area is 119 Å². The van der Waals surface area contributed by atoms with Crippen molar-refractivity contribution in [1.82, 2.24) is 14.6 Å². The van der Waals surface area contributed by atoms with E-state index in [1.165, 1.54) is 10.8 Å². The van der Waals surface area contributed by atoms with Gasteiger partial charge in [0.1, 0.15) is 24.1 Å². The molecular weight excluding hydrogens is 287 g/mol. The SMILES string of the molecule is C[C@H]1[C@@H](F)[C@H](c2cc(Cl)c3c(N)ncnn23)O[C@@H]1CO. The first kappa shape index (κ1) is 13.5. The zero-order valence-electron chi connectivity index (χ0n) is 10.7. The number of aromatic nitrogens is 3. The number of aliphatic hydroxyl groups excluding tert-OH is 1. The lowest BCUT2D eigenvalue weighted by Gasteiger charge is -2.13. The summed E-state index contributed by atoms with van der Waals surface area (Å²) in [6.07, 6.45) is -1.36. The number of anilines is 1. The van der Waals surface area contributed by atoms with E-state index < -0.39 is 24.3 Å². The van der Waals surface area contributed by atoms with Gasteiger partial charge in [-0.25, -0.2) is 13.9 Å². The Balaban J connectivity index is 2.10. The molecule has 108 valence electrons. The van der Waals surface area contributed by atoms with Crippen molar-refractivity contribution in [3.63, 3.8) is 0 Å². The Morgan fingerprint density at radius 3 is 3.00 bits per heavy atom. The number of aliphatic hydroxyl groups is 1. The van der Waals surface area contributed by atoms with E-state index in [1.54, 1.807) is 13.0 Å². The summed E-state index contributed by atoms with van der Waals surface area (Å²) in [5.74, 6) is -0.190. The van der Waals surface area contributed by atoms with Crippen LogP contribution in [0.3, 0.4) is 0 Å². The van der Waals surface area contributed by atoms with Crippen LogP contribution >= 0.6 is 11.6 Å². The van der Waals surface area contributed by atoms with Crippen molar-refractivity contribution in [2.45, 2.75) is 25.3 Å². The van der Waals surface area contributed by atoms with Crippen LogP contribution in [0.25, 0.3) is 5.52 Å². The van der Waals surface area contributed by atoms with E-state index in [-0.39, 0.29) is 12.4 Å². The standard InChI is InChI=1S/C12H14ClFN4O2/c1-5-8(3-19)20-11(9(5)14)7-2-6(13)10-12(15)16-4-17-18(7)10/h2,4-5,8-9,11,19H,3H2,1H3,(H2,15,16,17)/t5-,8-,9-,11+/m1/s1. The van der Waals surface area contributed by atoms with Crippen LogP contribution in [0.4, 0.5) is 10.2 Å². The summed E-state index contributed by atoms with van der Waals surface area (Å²) in [6.45, 7) is 1.47. The van der Waals surface area contributed by atoms with Crippen LogP contribution < -0.4 is 5.73 Å². The van der Waals surface area contributed by atoms with Gasteiger partial charge in [-0.05, 0) is 6.07 Å². The molecule has 0 spiro atoms. The zero-order valence-corrected chi connectivity index (χ0v) is 11.5. The summed E-state index contributed by atoms with van der Waals surface area (Å²) >= 11 is 6.11. The molecule has 6 nitrogen and oxygen atoms in total. The summed E-state index contributed by atoms with van der Waals surface area (Å²) < 4.78 is 21.4. The summed E-state index contributed by atoms with van der Waals surface area (Å²) in [4.78, 5) is 3.86. The average Bonchev–Trinajstić information content (AvgIpc) is 2.90. The highest BCUT2D eigenvalue weighted by Gasteiger charge is 2.44. The van der Waals surface area contributed by atoms with Crippen LogP contribution in [0.15, 0.2) is 12.4 Å². The molecule has 0 saturated carbocycles. The fourth-order valence-corrected chi connectivity index (χ4v) is 2.85. The summed E-state index contributed by atoms with van der Waals surface area (Å²) in [5.41, 5.74) is 6.65. The van der Waals surface area contributed by atoms with Crippen LogP contribution in [0.2, 0.25) is 5.02 Å². The minimum absolute atomic E-state index is 0.219. The molecule has 1 saturated heterocycles. The Hall–Kier alpha value is -1.44. The van der Waals surface area contributed by atoms with Crippen molar-refractivity contribution in [3.05, 3.63) is 23.1 Å². The van der Waals surface area contributed by atoms with Gasteiger partial charge in [-0.15, -0.1) is 0 Å². The molecule has 3 N–H and O–H groups in total. The van der Waals surface area contributed by atoms with E-state index in [1.807, 2.05) is 0 Å². The van der Waals surface area contributed by atoms with E-state index in [4.69, 9.17) is 22.1 Å². The Bertz CT molecular complexity index is 650. The van der Waals surface area contributed by atoms with Crippen LogP contribution in [-0.4, -0.2) is 38.6 Å². The van der Waals surface area contributed by atoms with Gasteiger partial charge >= 0.3 is 0 Å². The molecule has 2 aromatic rings. The van der Waals surface area contributed by atoms with Crippen molar-refractivity contribution in [2.75, 3.05) is 12.3 Å². The normalized spacial score (nSPS) is 30.2. The average molecular weight is 301 g/mol. The van der Waals surface area contributed by atoms with Gasteiger partial charge in [-0.3, -0.25) is 0 Å². The molecule has 0 aliphatic carbocycles. The number of alkyl halides is 1. The van der Waals surface area contributed by atoms with Crippen LogP contribution in [0, 0.1) is 5.92 Å². The highest BCUT2D eigenvalue weighted by atomic mass is 35.5. The molecule has 0 bridgehead atoms. The molecule has 0 unspecified atom stereocenters. The first-order valence-corrected chi connectivity index (χ1v) is 6.60. The lowest BCUT2D eigenvalue weighted by Crippen LogP contribution is -2.21. The van der Waals surface area contributed by atoms with E-state index in [0.717, 1.165) is 0 Å². The van der Waals surface area contributed by atoms with Crippen LogP contribution in [0.5, 0.6) is 0 Å². The molecule has 0 amide bonds. The molecular formula is C12H14ClFN4O2. The van der Waals surface area contributed by atoms with Gasteiger partial charge in [-0.2, -0.15) is 5.10 Å². The number of hydrogen-bond donors (Lipinski definition) is 2. The van der Waals surface area contributed by atoms with Gasteiger partial charge in [0.05, 0.1) is 23.4 Å². The van der Waals surface area contributed by atoms with Gasteiger partial charge in [0.15, 0.2) is 5.82 Å². The number of fused-ring (bicyclic) bond motifs is 1. The zero-order chi connectivity index (χ0) is 14.4. The smallest absolute Gasteiger partial charge is 0.152 e. The topological polar surface area (TPSA) is 85.7 Å². The summed E-state index contributed by atoms with van der Waals surface area (Å²) in [7, 11) is 0.